The molecule has 162 valence electrons. The van der Waals surface area contributed by atoms with Crippen molar-refractivity contribution in [1.82, 2.24) is 4.90 Å². The van der Waals surface area contributed by atoms with Crippen molar-refractivity contribution >= 4 is 17.2 Å². The molecule has 1 unspecified atom stereocenters. The van der Waals surface area contributed by atoms with Crippen molar-refractivity contribution in [2.24, 2.45) is 5.92 Å². The molecule has 0 bridgehead atoms. The first-order chi connectivity index (χ1) is 14.4. The zero-order valence-electron chi connectivity index (χ0n) is 16.7. The standard InChI is InChI=1S/C22H24F3NO3S/c1-28-17-6-4-16(5-7-17)21(27)26-12-10-15-11-13-30-20(15)19(26)14-2-8-18(9-3-14)29-22(23,24)25/h2-3,8-9,11,13,16-17,19H,4-7,10,12H2,1H3. The second kappa shape index (κ2) is 8.59. The van der Waals surface area contributed by atoms with Gasteiger partial charge >= 0.3 is 6.36 Å². The van der Waals surface area contributed by atoms with Gasteiger partial charge in [-0.05, 0) is 66.8 Å². The predicted octanol–water partition coefficient (Wildman–Crippen LogP) is 5.33. The fraction of sp³-hybridized carbons (Fsp3) is 0.500. The summed E-state index contributed by atoms with van der Waals surface area (Å²) >= 11 is 1.59. The monoisotopic (exact) mass is 439 g/mol. The number of amides is 1. The van der Waals surface area contributed by atoms with Crippen LogP contribution in [0.1, 0.15) is 47.7 Å². The lowest BCUT2D eigenvalue weighted by Gasteiger charge is -2.39. The molecule has 0 N–H and O–H groups in total. The number of carbonyl (C=O) groups is 1. The number of fused-ring (bicyclic) bond motifs is 1. The molecule has 8 heteroatoms. The summed E-state index contributed by atoms with van der Waals surface area (Å²) in [4.78, 5) is 16.4. The number of thiophene rings is 1. The highest BCUT2D eigenvalue weighted by atomic mass is 32.1. The molecule has 1 aliphatic heterocycles. The third-order valence-corrected chi connectivity index (χ3v) is 7.04. The van der Waals surface area contributed by atoms with E-state index >= 15 is 0 Å². The summed E-state index contributed by atoms with van der Waals surface area (Å²) in [5, 5.41) is 2.01. The molecule has 1 aromatic carbocycles. The lowest BCUT2D eigenvalue weighted by Crippen LogP contribution is -2.44. The molecule has 0 saturated heterocycles. The Morgan fingerprint density at radius 2 is 1.80 bits per heavy atom. The van der Waals surface area contributed by atoms with E-state index in [0.717, 1.165) is 42.5 Å². The molecule has 0 spiro atoms. The first-order valence-electron chi connectivity index (χ1n) is 10.1. The molecule has 0 radical (unpaired) electrons. The minimum Gasteiger partial charge on any atom is -0.406 e. The van der Waals surface area contributed by atoms with Crippen molar-refractivity contribution < 1.29 is 27.4 Å². The predicted molar refractivity (Wildman–Crippen MR) is 107 cm³/mol. The fourth-order valence-corrected chi connectivity index (χ4v) is 5.60. The molecule has 1 aromatic heterocycles. The van der Waals surface area contributed by atoms with Crippen LogP contribution in [0.4, 0.5) is 13.2 Å². The topological polar surface area (TPSA) is 38.8 Å². The van der Waals surface area contributed by atoms with Gasteiger partial charge < -0.3 is 14.4 Å². The lowest BCUT2D eigenvalue weighted by molar-refractivity contribution is -0.274. The zero-order chi connectivity index (χ0) is 21.3. The van der Waals surface area contributed by atoms with Crippen LogP contribution in [0.15, 0.2) is 35.7 Å². The highest BCUT2D eigenvalue weighted by molar-refractivity contribution is 7.10. The number of hydrogen-bond donors (Lipinski definition) is 0. The average molecular weight is 439 g/mol. The van der Waals surface area contributed by atoms with E-state index in [0.29, 0.717) is 6.54 Å². The van der Waals surface area contributed by atoms with Gasteiger partial charge in [-0.3, -0.25) is 4.79 Å². The van der Waals surface area contributed by atoms with Gasteiger partial charge in [0.2, 0.25) is 5.91 Å². The van der Waals surface area contributed by atoms with Gasteiger partial charge in [0.15, 0.2) is 0 Å². The Morgan fingerprint density at radius 1 is 1.10 bits per heavy atom. The number of halogens is 3. The Balaban J connectivity index is 1.59. The van der Waals surface area contributed by atoms with Crippen LogP contribution < -0.4 is 4.74 Å². The molecule has 1 aliphatic carbocycles. The van der Waals surface area contributed by atoms with Gasteiger partial charge in [-0.25, -0.2) is 0 Å². The van der Waals surface area contributed by atoms with E-state index in [2.05, 4.69) is 10.8 Å². The van der Waals surface area contributed by atoms with E-state index in [9.17, 15) is 18.0 Å². The van der Waals surface area contributed by atoms with E-state index in [1.807, 2.05) is 10.3 Å². The average Bonchev–Trinajstić information content (AvgIpc) is 3.21. The van der Waals surface area contributed by atoms with Crippen LogP contribution in [-0.4, -0.2) is 36.9 Å². The van der Waals surface area contributed by atoms with Crippen molar-refractivity contribution in [2.45, 2.75) is 50.6 Å². The van der Waals surface area contributed by atoms with E-state index in [1.165, 1.54) is 17.7 Å². The van der Waals surface area contributed by atoms with Gasteiger partial charge in [0, 0.05) is 24.4 Å². The van der Waals surface area contributed by atoms with Crippen molar-refractivity contribution in [2.75, 3.05) is 13.7 Å². The van der Waals surface area contributed by atoms with Crippen molar-refractivity contribution in [1.29, 1.82) is 0 Å². The second-order valence-corrected chi connectivity index (χ2v) is 8.77. The number of methoxy groups -OCH3 is 1. The summed E-state index contributed by atoms with van der Waals surface area (Å²) in [7, 11) is 1.71. The van der Waals surface area contributed by atoms with Crippen LogP contribution in [0, 0.1) is 5.92 Å². The van der Waals surface area contributed by atoms with Crippen LogP contribution in [0.5, 0.6) is 5.75 Å². The third-order valence-electron chi connectivity index (χ3n) is 6.03. The summed E-state index contributed by atoms with van der Waals surface area (Å²) in [6.07, 6.45) is -0.360. The fourth-order valence-electron chi connectivity index (χ4n) is 4.51. The van der Waals surface area contributed by atoms with Crippen LogP contribution in [0.2, 0.25) is 0 Å². The minimum atomic E-state index is -4.73. The first kappa shape index (κ1) is 21.2. The molecular weight excluding hydrogens is 415 g/mol. The highest BCUT2D eigenvalue weighted by Gasteiger charge is 2.37. The van der Waals surface area contributed by atoms with Gasteiger partial charge in [-0.2, -0.15) is 0 Å². The van der Waals surface area contributed by atoms with Gasteiger partial charge in [0.25, 0.3) is 0 Å². The summed E-state index contributed by atoms with van der Waals surface area (Å²) in [5.41, 5.74) is 2.00. The Kier molecular flexibility index (Phi) is 6.06. The molecular formula is C22H24F3NO3S. The maximum absolute atomic E-state index is 13.4. The minimum absolute atomic E-state index is 0.0340. The van der Waals surface area contributed by atoms with Crippen LogP contribution in [-0.2, 0) is 16.0 Å². The van der Waals surface area contributed by atoms with Gasteiger partial charge in [0.05, 0.1) is 12.1 Å². The molecule has 1 saturated carbocycles. The number of benzene rings is 1. The summed E-state index contributed by atoms with van der Waals surface area (Å²) in [6.45, 7) is 0.609. The van der Waals surface area contributed by atoms with Crippen molar-refractivity contribution in [3.8, 4) is 5.75 Å². The van der Waals surface area contributed by atoms with Gasteiger partial charge in [-0.15, -0.1) is 24.5 Å². The van der Waals surface area contributed by atoms with Crippen molar-refractivity contribution in [3.05, 3.63) is 51.7 Å². The van der Waals surface area contributed by atoms with Crippen LogP contribution >= 0.6 is 11.3 Å². The molecule has 2 aromatic rings. The maximum atomic E-state index is 13.4. The summed E-state index contributed by atoms with van der Waals surface area (Å²) in [5.74, 6) is -0.165. The van der Waals surface area contributed by atoms with E-state index in [1.54, 1.807) is 30.6 Å². The molecule has 2 aliphatic rings. The van der Waals surface area contributed by atoms with Crippen LogP contribution in [0.3, 0.4) is 0 Å². The smallest absolute Gasteiger partial charge is 0.406 e. The first-order valence-corrected chi connectivity index (χ1v) is 11.0. The quantitative estimate of drug-likeness (QED) is 0.647. The maximum Gasteiger partial charge on any atom is 0.573 e. The number of ether oxygens (including phenoxy) is 2. The second-order valence-electron chi connectivity index (χ2n) is 7.82. The zero-order valence-corrected chi connectivity index (χ0v) is 17.5. The number of carbonyl (C=O) groups excluding carboxylic acids is 1. The Labute approximate surface area is 177 Å². The Morgan fingerprint density at radius 3 is 2.43 bits per heavy atom. The number of hydrogen-bond acceptors (Lipinski definition) is 4. The molecule has 1 atom stereocenters. The number of rotatable bonds is 4. The Bertz CT molecular complexity index is 872. The van der Waals surface area contributed by atoms with Crippen LogP contribution in [0.25, 0.3) is 0 Å². The molecule has 2 heterocycles. The van der Waals surface area contributed by atoms with E-state index < -0.39 is 6.36 Å². The molecule has 4 nitrogen and oxygen atoms in total. The Hall–Kier alpha value is -2.06. The summed E-state index contributed by atoms with van der Waals surface area (Å²) in [6, 6.07) is 7.68. The molecule has 1 fully saturated rings. The summed E-state index contributed by atoms with van der Waals surface area (Å²) < 4.78 is 46.9. The van der Waals surface area contributed by atoms with E-state index in [4.69, 9.17) is 4.74 Å². The highest BCUT2D eigenvalue weighted by Crippen LogP contribution is 2.41. The number of alkyl halides is 3. The van der Waals surface area contributed by atoms with Crippen molar-refractivity contribution in [3.63, 3.8) is 0 Å². The molecule has 4 rings (SSSR count). The number of nitrogens with zero attached hydrogens (tertiary/aromatic N) is 1. The SMILES string of the molecule is COC1CCC(C(=O)N2CCc3ccsc3C2c2ccc(OC(F)(F)F)cc2)CC1. The third kappa shape index (κ3) is 4.49. The normalized spacial score (nSPS) is 24.4. The molecule has 30 heavy (non-hydrogen) atoms. The molecule has 1 amide bonds. The van der Waals surface area contributed by atoms with Gasteiger partial charge in [-0.1, -0.05) is 12.1 Å². The lowest BCUT2D eigenvalue weighted by atomic mass is 9.85. The van der Waals surface area contributed by atoms with Gasteiger partial charge in [0.1, 0.15) is 5.75 Å². The largest absolute Gasteiger partial charge is 0.573 e. The van der Waals surface area contributed by atoms with E-state index in [-0.39, 0.29) is 29.7 Å².